The third kappa shape index (κ3) is 21.3. The third-order valence-electron chi connectivity index (χ3n) is 2.03. The predicted molar refractivity (Wildman–Crippen MR) is 71.1 cm³/mol. The summed E-state index contributed by atoms with van der Waals surface area (Å²) in [5.74, 6) is -0.408. The highest BCUT2D eigenvalue weighted by Crippen LogP contribution is 2.25. The number of rotatable bonds is 5. The van der Waals surface area contributed by atoms with Gasteiger partial charge in [0.25, 0.3) is 0 Å². The molecular weight excluding hydrogens is 218 g/mol. The third-order valence-corrected chi connectivity index (χ3v) is 2.03. The van der Waals surface area contributed by atoms with Gasteiger partial charge in [0.05, 0.1) is 6.61 Å². The van der Waals surface area contributed by atoms with Crippen molar-refractivity contribution in [1.82, 2.24) is 4.90 Å². The van der Waals surface area contributed by atoms with Gasteiger partial charge in [-0.1, -0.05) is 27.7 Å². The topological polar surface area (TPSA) is 60.8 Å². The van der Waals surface area contributed by atoms with Gasteiger partial charge in [0.15, 0.2) is 0 Å². The zero-order valence-corrected chi connectivity index (χ0v) is 12.2. The van der Waals surface area contributed by atoms with Crippen LogP contribution in [0.5, 0.6) is 0 Å². The standard InChI is InChI=1S/C9H18O2.C4H11NO/c1-7(5-8(10)11)6-9(2,3)4;1-5(2)3-4-6/h7H,5-6H2,1-4H3,(H,10,11);6H,3-4H2,1-2H3. The molecule has 1 atom stereocenters. The highest BCUT2D eigenvalue weighted by molar-refractivity contribution is 5.66. The van der Waals surface area contributed by atoms with Crippen molar-refractivity contribution in [1.29, 1.82) is 0 Å². The number of carboxylic acid groups (broad SMARTS) is 1. The molecule has 17 heavy (non-hydrogen) atoms. The van der Waals surface area contributed by atoms with Crippen molar-refractivity contribution in [3.05, 3.63) is 0 Å². The van der Waals surface area contributed by atoms with E-state index in [1.807, 2.05) is 25.9 Å². The van der Waals surface area contributed by atoms with Gasteiger partial charge >= 0.3 is 5.97 Å². The highest BCUT2D eigenvalue weighted by Gasteiger charge is 2.16. The number of carbonyl (C=O) groups is 1. The summed E-state index contributed by atoms with van der Waals surface area (Å²) in [7, 11) is 3.85. The van der Waals surface area contributed by atoms with E-state index in [4.69, 9.17) is 10.2 Å². The van der Waals surface area contributed by atoms with E-state index in [0.29, 0.717) is 0 Å². The maximum atomic E-state index is 10.3. The molecule has 0 aromatic carbocycles. The van der Waals surface area contributed by atoms with E-state index >= 15 is 0 Å². The molecule has 0 heterocycles. The summed E-state index contributed by atoms with van der Waals surface area (Å²) in [5, 5.41) is 16.7. The van der Waals surface area contributed by atoms with E-state index in [9.17, 15) is 4.79 Å². The molecular formula is C13H29NO3. The van der Waals surface area contributed by atoms with Crippen LogP contribution in [-0.2, 0) is 4.79 Å². The SMILES string of the molecule is CC(CC(=O)O)CC(C)(C)C.CN(C)CCO. The summed E-state index contributed by atoms with van der Waals surface area (Å²) < 4.78 is 0. The molecule has 0 radical (unpaired) electrons. The molecule has 0 amide bonds. The summed E-state index contributed by atoms with van der Waals surface area (Å²) >= 11 is 0. The molecule has 104 valence electrons. The highest BCUT2D eigenvalue weighted by atomic mass is 16.4. The van der Waals surface area contributed by atoms with Crippen LogP contribution in [0.3, 0.4) is 0 Å². The van der Waals surface area contributed by atoms with Crippen molar-refractivity contribution in [2.24, 2.45) is 11.3 Å². The van der Waals surface area contributed by atoms with Gasteiger partial charge in [-0.25, -0.2) is 0 Å². The van der Waals surface area contributed by atoms with E-state index < -0.39 is 5.97 Å². The van der Waals surface area contributed by atoms with Gasteiger partial charge in [0.1, 0.15) is 0 Å². The van der Waals surface area contributed by atoms with Gasteiger partial charge in [-0.05, 0) is 31.8 Å². The second-order valence-corrected chi connectivity index (χ2v) is 5.99. The number of aliphatic hydroxyl groups is 1. The lowest BCUT2D eigenvalue weighted by Crippen LogP contribution is -2.15. The molecule has 1 unspecified atom stereocenters. The lowest BCUT2D eigenvalue weighted by molar-refractivity contribution is -0.138. The maximum absolute atomic E-state index is 10.3. The van der Waals surface area contributed by atoms with Gasteiger partial charge in [-0.2, -0.15) is 0 Å². The number of aliphatic carboxylic acids is 1. The summed E-state index contributed by atoms with van der Waals surface area (Å²) in [6, 6.07) is 0. The van der Waals surface area contributed by atoms with Gasteiger partial charge in [-0.3, -0.25) is 4.79 Å². The molecule has 0 fully saturated rings. The van der Waals surface area contributed by atoms with Crippen molar-refractivity contribution in [2.75, 3.05) is 27.2 Å². The smallest absolute Gasteiger partial charge is 0.303 e. The first kappa shape index (κ1) is 18.7. The van der Waals surface area contributed by atoms with Crippen molar-refractivity contribution in [2.45, 2.75) is 40.5 Å². The van der Waals surface area contributed by atoms with Gasteiger partial charge in [-0.15, -0.1) is 0 Å². The molecule has 4 heteroatoms. The van der Waals surface area contributed by atoms with Crippen LogP contribution in [0.4, 0.5) is 0 Å². The molecule has 0 aromatic rings. The first-order valence-corrected chi connectivity index (χ1v) is 6.06. The molecule has 0 saturated heterocycles. The van der Waals surface area contributed by atoms with Gasteiger partial charge in [0, 0.05) is 13.0 Å². The normalized spacial score (nSPS) is 12.9. The second kappa shape index (κ2) is 9.42. The van der Waals surface area contributed by atoms with Gasteiger partial charge < -0.3 is 15.1 Å². The fourth-order valence-corrected chi connectivity index (χ4v) is 1.62. The Hall–Kier alpha value is -0.610. The zero-order valence-electron chi connectivity index (χ0n) is 12.2. The predicted octanol–water partition coefficient (Wildman–Crippen LogP) is 2.07. The minimum atomic E-state index is -0.693. The van der Waals surface area contributed by atoms with Crippen LogP contribution in [0.2, 0.25) is 0 Å². The minimum absolute atomic E-state index is 0.245. The lowest BCUT2D eigenvalue weighted by atomic mass is 9.84. The molecule has 0 aliphatic rings. The molecule has 0 aliphatic carbocycles. The molecule has 0 saturated carbocycles. The quantitative estimate of drug-likeness (QED) is 0.781. The summed E-state index contributed by atoms with van der Waals surface area (Å²) in [5.41, 5.74) is 0.245. The molecule has 4 nitrogen and oxygen atoms in total. The Bertz CT molecular complexity index is 197. The van der Waals surface area contributed by atoms with Crippen LogP contribution in [-0.4, -0.2) is 48.3 Å². The van der Waals surface area contributed by atoms with Crippen LogP contribution in [0.1, 0.15) is 40.5 Å². The molecule has 0 rings (SSSR count). The number of aliphatic hydroxyl groups excluding tert-OH is 1. The van der Waals surface area contributed by atoms with Crippen molar-refractivity contribution < 1.29 is 15.0 Å². The van der Waals surface area contributed by atoms with Crippen molar-refractivity contribution in [3.63, 3.8) is 0 Å². The van der Waals surface area contributed by atoms with E-state index in [1.165, 1.54) is 0 Å². The van der Waals surface area contributed by atoms with Crippen LogP contribution in [0.15, 0.2) is 0 Å². The van der Waals surface area contributed by atoms with Crippen molar-refractivity contribution in [3.8, 4) is 0 Å². The largest absolute Gasteiger partial charge is 0.481 e. The average molecular weight is 247 g/mol. The van der Waals surface area contributed by atoms with E-state index in [0.717, 1.165) is 13.0 Å². The van der Waals surface area contributed by atoms with E-state index in [2.05, 4.69) is 20.8 Å². The van der Waals surface area contributed by atoms with Crippen molar-refractivity contribution >= 4 is 5.97 Å². The van der Waals surface area contributed by atoms with E-state index in [1.54, 1.807) is 0 Å². The molecule has 0 aliphatic heterocycles. The van der Waals surface area contributed by atoms with Crippen LogP contribution in [0.25, 0.3) is 0 Å². The molecule has 0 aromatic heterocycles. The number of likely N-dealkylation sites (N-methyl/N-ethyl adjacent to an activating group) is 1. The molecule has 2 N–H and O–H groups in total. The van der Waals surface area contributed by atoms with Crippen LogP contribution in [0, 0.1) is 11.3 Å². The monoisotopic (exact) mass is 247 g/mol. The van der Waals surface area contributed by atoms with Crippen LogP contribution < -0.4 is 0 Å². The first-order valence-electron chi connectivity index (χ1n) is 6.06. The Morgan fingerprint density at radius 1 is 1.29 bits per heavy atom. The fraction of sp³-hybridized carbons (Fsp3) is 0.923. The number of hydrogen-bond acceptors (Lipinski definition) is 3. The summed E-state index contributed by atoms with van der Waals surface area (Å²) in [4.78, 5) is 12.2. The number of carboxylic acids is 1. The Labute approximate surface area is 106 Å². The average Bonchev–Trinajstić information content (AvgIpc) is 1.97. The second-order valence-electron chi connectivity index (χ2n) is 5.99. The minimum Gasteiger partial charge on any atom is -0.481 e. The van der Waals surface area contributed by atoms with E-state index in [-0.39, 0.29) is 24.4 Å². The zero-order chi connectivity index (χ0) is 14.1. The fourth-order valence-electron chi connectivity index (χ4n) is 1.62. The Morgan fingerprint density at radius 3 is 1.94 bits per heavy atom. The number of hydrogen-bond donors (Lipinski definition) is 2. The molecule has 0 bridgehead atoms. The maximum Gasteiger partial charge on any atom is 0.303 e. The molecule has 0 spiro atoms. The van der Waals surface area contributed by atoms with Crippen LogP contribution >= 0.6 is 0 Å². The number of nitrogens with zero attached hydrogens (tertiary/aromatic N) is 1. The first-order chi connectivity index (χ1) is 7.58. The Balaban J connectivity index is 0. The Morgan fingerprint density at radius 2 is 1.76 bits per heavy atom. The summed E-state index contributed by atoms with van der Waals surface area (Å²) in [6.45, 7) is 9.40. The lowest BCUT2D eigenvalue weighted by Gasteiger charge is -2.21. The van der Waals surface area contributed by atoms with Gasteiger partial charge in [0.2, 0.25) is 0 Å². The summed E-state index contributed by atoms with van der Waals surface area (Å²) in [6.07, 6.45) is 1.26. The Kier molecular flexibility index (Phi) is 10.4.